The quantitative estimate of drug-likeness (QED) is 0.806. The number of nitrogens with one attached hydrogen (secondary N) is 2. The Morgan fingerprint density at radius 3 is 2.85 bits per heavy atom. The first-order valence-electron chi connectivity index (χ1n) is 6.85. The van der Waals surface area contributed by atoms with Gasteiger partial charge in [-0.25, -0.2) is 0 Å². The van der Waals surface area contributed by atoms with Crippen LogP contribution < -0.4 is 5.32 Å². The monoisotopic (exact) mass is 336 g/mol. The standard InChI is InChI=1S/C15H17BrN2O2/c16-11-3-4-12-10(7-11)8-13(18-12)14(19)17-9-15(20)5-1-2-6-15/h3-4,7-8,18,20H,1-2,5-6,9H2,(H,17,19). The number of hydrogen-bond donors (Lipinski definition) is 3. The van der Waals surface area contributed by atoms with Crippen molar-refractivity contribution in [1.82, 2.24) is 10.3 Å². The van der Waals surface area contributed by atoms with E-state index in [2.05, 4.69) is 26.2 Å². The Kier molecular flexibility index (Phi) is 3.56. The van der Waals surface area contributed by atoms with Gasteiger partial charge >= 0.3 is 0 Å². The highest BCUT2D eigenvalue weighted by Gasteiger charge is 2.31. The lowest BCUT2D eigenvalue weighted by atomic mass is 10.0. The fourth-order valence-electron chi connectivity index (χ4n) is 2.78. The minimum Gasteiger partial charge on any atom is -0.388 e. The molecule has 1 saturated carbocycles. The average molecular weight is 337 g/mol. The van der Waals surface area contributed by atoms with Crippen LogP contribution in [0.4, 0.5) is 0 Å². The Morgan fingerprint density at radius 2 is 2.10 bits per heavy atom. The molecule has 0 unspecified atom stereocenters. The second-order valence-corrected chi connectivity index (χ2v) is 6.44. The van der Waals surface area contributed by atoms with Gasteiger partial charge in [-0.05, 0) is 37.1 Å². The Balaban J connectivity index is 1.72. The summed E-state index contributed by atoms with van der Waals surface area (Å²) in [4.78, 5) is 15.2. The lowest BCUT2D eigenvalue weighted by Gasteiger charge is -2.22. The van der Waals surface area contributed by atoms with Gasteiger partial charge in [0.15, 0.2) is 0 Å². The zero-order valence-corrected chi connectivity index (χ0v) is 12.7. The van der Waals surface area contributed by atoms with Crippen LogP contribution in [0.5, 0.6) is 0 Å². The Labute approximate surface area is 125 Å². The Bertz CT molecular complexity index is 644. The number of aromatic nitrogens is 1. The van der Waals surface area contributed by atoms with Crippen LogP contribution in [0.25, 0.3) is 10.9 Å². The number of hydrogen-bond acceptors (Lipinski definition) is 2. The minimum absolute atomic E-state index is 0.169. The molecule has 0 aliphatic heterocycles. The fourth-order valence-corrected chi connectivity index (χ4v) is 3.15. The molecule has 106 valence electrons. The molecule has 1 aromatic heterocycles. The van der Waals surface area contributed by atoms with Gasteiger partial charge in [-0.2, -0.15) is 0 Å². The van der Waals surface area contributed by atoms with Crippen molar-refractivity contribution in [2.24, 2.45) is 0 Å². The maximum atomic E-state index is 12.1. The van der Waals surface area contributed by atoms with Crippen molar-refractivity contribution in [3.05, 3.63) is 34.4 Å². The van der Waals surface area contributed by atoms with Crippen molar-refractivity contribution >= 4 is 32.7 Å². The van der Waals surface area contributed by atoms with Crippen molar-refractivity contribution in [3.63, 3.8) is 0 Å². The van der Waals surface area contributed by atoms with Crippen LogP contribution in [0.1, 0.15) is 36.2 Å². The molecule has 0 radical (unpaired) electrons. The summed E-state index contributed by atoms with van der Waals surface area (Å²) < 4.78 is 0.983. The molecule has 0 atom stereocenters. The van der Waals surface area contributed by atoms with Gasteiger partial charge in [0, 0.05) is 21.9 Å². The van der Waals surface area contributed by atoms with Crippen molar-refractivity contribution in [2.45, 2.75) is 31.3 Å². The van der Waals surface area contributed by atoms with Gasteiger partial charge in [-0.1, -0.05) is 28.8 Å². The van der Waals surface area contributed by atoms with Crippen LogP contribution in [0.3, 0.4) is 0 Å². The van der Waals surface area contributed by atoms with Gasteiger partial charge in [0.05, 0.1) is 5.60 Å². The van der Waals surface area contributed by atoms with E-state index in [1.807, 2.05) is 24.3 Å². The number of carbonyl (C=O) groups is 1. The van der Waals surface area contributed by atoms with Crippen molar-refractivity contribution in [2.75, 3.05) is 6.54 Å². The van der Waals surface area contributed by atoms with Gasteiger partial charge in [0.2, 0.25) is 0 Å². The smallest absolute Gasteiger partial charge is 0.267 e. The number of H-pyrrole nitrogens is 1. The molecule has 0 spiro atoms. The van der Waals surface area contributed by atoms with E-state index in [-0.39, 0.29) is 5.91 Å². The van der Waals surface area contributed by atoms with Gasteiger partial charge < -0.3 is 15.4 Å². The van der Waals surface area contributed by atoms with Gasteiger partial charge in [0.1, 0.15) is 5.69 Å². The first-order valence-corrected chi connectivity index (χ1v) is 7.64. The van der Waals surface area contributed by atoms with Crippen molar-refractivity contribution < 1.29 is 9.90 Å². The maximum Gasteiger partial charge on any atom is 0.267 e. The predicted molar refractivity (Wildman–Crippen MR) is 81.7 cm³/mol. The highest BCUT2D eigenvalue weighted by atomic mass is 79.9. The van der Waals surface area contributed by atoms with E-state index in [9.17, 15) is 9.90 Å². The number of rotatable bonds is 3. The molecule has 3 rings (SSSR count). The molecule has 20 heavy (non-hydrogen) atoms. The molecule has 1 aromatic carbocycles. The molecule has 0 saturated heterocycles. The van der Waals surface area contributed by atoms with Crippen LogP contribution >= 0.6 is 15.9 Å². The van der Waals surface area contributed by atoms with E-state index in [0.717, 1.165) is 41.1 Å². The van der Waals surface area contributed by atoms with E-state index < -0.39 is 5.60 Å². The van der Waals surface area contributed by atoms with Crippen molar-refractivity contribution in [3.8, 4) is 0 Å². The largest absolute Gasteiger partial charge is 0.388 e. The second-order valence-electron chi connectivity index (χ2n) is 5.53. The summed E-state index contributed by atoms with van der Waals surface area (Å²) in [6, 6.07) is 7.66. The highest BCUT2D eigenvalue weighted by molar-refractivity contribution is 9.10. The molecule has 5 heteroatoms. The third-order valence-corrected chi connectivity index (χ3v) is 4.43. The number of aromatic amines is 1. The van der Waals surface area contributed by atoms with Crippen molar-refractivity contribution in [1.29, 1.82) is 0 Å². The topological polar surface area (TPSA) is 65.1 Å². The van der Waals surface area contributed by atoms with E-state index in [0.29, 0.717) is 12.2 Å². The summed E-state index contributed by atoms with van der Waals surface area (Å²) in [6.07, 6.45) is 3.61. The van der Waals surface area contributed by atoms with Crippen LogP contribution in [-0.2, 0) is 0 Å². The molecule has 1 amide bonds. The van der Waals surface area contributed by atoms with Gasteiger partial charge in [0.25, 0.3) is 5.91 Å². The molecule has 4 nitrogen and oxygen atoms in total. The molecule has 3 N–H and O–H groups in total. The maximum absolute atomic E-state index is 12.1. The number of amides is 1. The Hall–Kier alpha value is -1.33. The first kappa shape index (κ1) is 13.6. The summed E-state index contributed by atoms with van der Waals surface area (Å²) in [5.74, 6) is -0.169. The minimum atomic E-state index is -0.718. The average Bonchev–Trinajstić information content (AvgIpc) is 3.02. The molecule has 1 fully saturated rings. The third-order valence-electron chi connectivity index (χ3n) is 3.94. The molecule has 1 aliphatic rings. The number of benzene rings is 1. The fraction of sp³-hybridized carbons (Fsp3) is 0.400. The third kappa shape index (κ3) is 2.74. The van der Waals surface area contributed by atoms with Crippen LogP contribution in [0, 0.1) is 0 Å². The van der Waals surface area contributed by atoms with E-state index >= 15 is 0 Å². The number of aliphatic hydroxyl groups is 1. The first-order chi connectivity index (χ1) is 9.56. The van der Waals surface area contributed by atoms with E-state index in [4.69, 9.17) is 0 Å². The summed E-state index contributed by atoms with van der Waals surface area (Å²) in [7, 11) is 0. The van der Waals surface area contributed by atoms with E-state index in [1.165, 1.54) is 0 Å². The van der Waals surface area contributed by atoms with Crippen LogP contribution in [-0.4, -0.2) is 28.1 Å². The second kappa shape index (κ2) is 5.22. The lowest BCUT2D eigenvalue weighted by Crippen LogP contribution is -2.40. The molecular weight excluding hydrogens is 320 g/mol. The predicted octanol–water partition coefficient (Wildman–Crippen LogP) is 2.97. The zero-order valence-electron chi connectivity index (χ0n) is 11.1. The lowest BCUT2D eigenvalue weighted by molar-refractivity contribution is 0.0449. The molecular formula is C15H17BrN2O2. The van der Waals surface area contributed by atoms with E-state index in [1.54, 1.807) is 0 Å². The van der Waals surface area contributed by atoms with Gasteiger partial charge in [-0.15, -0.1) is 0 Å². The summed E-state index contributed by atoms with van der Waals surface area (Å²) in [5, 5.41) is 14.0. The number of halogens is 1. The van der Waals surface area contributed by atoms with Gasteiger partial charge in [-0.3, -0.25) is 4.79 Å². The summed E-state index contributed by atoms with van der Waals surface area (Å²) in [5.41, 5.74) is 0.739. The molecule has 1 heterocycles. The van der Waals surface area contributed by atoms with Crippen LogP contribution in [0.15, 0.2) is 28.7 Å². The molecule has 0 bridgehead atoms. The normalized spacial score (nSPS) is 17.5. The zero-order chi connectivity index (χ0) is 14.2. The summed E-state index contributed by atoms with van der Waals surface area (Å²) in [6.45, 7) is 0.324. The summed E-state index contributed by atoms with van der Waals surface area (Å²) >= 11 is 3.41. The SMILES string of the molecule is O=C(NCC1(O)CCCC1)c1cc2cc(Br)ccc2[nH]1. The Morgan fingerprint density at radius 1 is 1.35 bits per heavy atom. The highest BCUT2D eigenvalue weighted by Crippen LogP contribution is 2.28. The molecule has 2 aromatic rings. The number of fused-ring (bicyclic) bond motifs is 1. The van der Waals surface area contributed by atoms with Crippen LogP contribution in [0.2, 0.25) is 0 Å². The number of carbonyl (C=O) groups excluding carboxylic acids is 1. The molecule has 1 aliphatic carbocycles.